The first-order valence-corrected chi connectivity index (χ1v) is 13.3. The maximum atomic E-state index is 13.6. The third-order valence-electron chi connectivity index (χ3n) is 6.16. The van der Waals surface area contributed by atoms with Crippen molar-refractivity contribution in [2.45, 2.75) is 24.3 Å². The number of rotatable bonds is 5. The maximum absolute atomic E-state index is 13.6. The van der Waals surface area contributed by atoms with Gasteiger partial charge in [-0.3, -0.25) is 14.6 Å². The molecule has 184 valence electrons. The second-order valence-corrected chi connectivity index (χ2v) is 11.2. The van der Waals surface area contributed by atoms with Gasteiger partial charge >= 0.3 is 0 Å². The van der Waals surface area contributed by atoms with Gasteiger partial charge in [0.15, 0.2) is 9.84 Å². The Hall–Kier alpha value is -3.76. The Labute approximate surface area is 212 Å². The molecule has 1 aliphatic rings. The van der Waals surface area contributed by atoms with E-state index >= 15 is 0 Å². The number of aromatic amines is 1. The van der Waals surface area contributed by atoms with E-state index in [4.69, 9.17) is 11.6 Å². The van der Waals surface area contributed by atoms with E-state index in [0.29, 0.717) is 32.6 Å². The topological polar surface area (TPSA) is 125 Å². The van der Waals surface area contributed by atoms with Crippen molar-refractivity contribution in [3.63, 3.8) is 0 Å². The summed E-state index contributed by atoms with van der Waals surface area (Å²) in [6.07, 6.45) is 5.86. The molecule has 0 spiro atoms. The lowest BCUT2D eigenvalue weighted by Gasteiger charge is -2.33. The minimum absolute atomic E-state index is 0.145. The fraction of sp³-hybridized carbons (Fsp3) is 0.200. The SMILES string of the molecule is Cc1ncc(CN2CC(C(=O)Nc3cncc4cc(S(C)(=O)=O)ccc34)c3cc(Cl)ccc3C2=O)[nH]1. The molecule has 2 aromatic carbocycles. The van der Waals surface area contributed by atoms with Crippen LogP contribution in [0.25, 0.3) is 10.8 Å². The summed E-state index contributed by atoms with van der Waals surface area (Å²) in [5.41, 5.74) is 2.16. The Bertz CT molecular complexity index is 1630. The average Bonchev–Trinajstić information content (AvgIpc) is 3.24. The molecule has 3 heterocycles. The molecule has 0 aliphatic carbocycles. The number of anilines is 1. The van der Waals surface area contributed by atoms with Crippen LogP contribution in [0.5, 0.6) is 0 Å². The molecule has 0 bridgehead atoms. The van der Waals surface area contributed by atoms with Crippen molar-refractivity contribution < 1.29 is 18.0 Å². The summed E-state index contributed by atoms with van der Waals surface area (Å²) in [5.74, 6) is -0.485. The van der Waals surface area contributed by atoms with Crippen LogP contribution in [-0.4, -0.2) is 52.9 Å². The number of aryl methyl sites for hydroxylation is 1. The van der Waals surface area contributed by atoms with Gasteiger partial charge in [0, 0.05) is 40.4 Å². The zero-order valence-electron chi connectivity index (χ0n) is 19.4. The van der Waals surface area contributed by atoms with Crippen LogP contribution in [0.4, 0.5) is 5.69 Å². The fourth-order valence-corrected chi connectivity index (χ4v) is 5.25. The van der Waals surface area contributed by atoms with E-state index < -0.39 is 15.8 Å². The lowest BCUT2D eigenvalue weighted by molar-refractivity contribution is -0.118. The zero-order valence-corrected chi connectivity index (χ0v) is 21.0. The molecule has 1 unspecified atom stereocenters. The molecule has 0 saturated carbocycles. The van der Waals surface area contributed by atoms with Gasteiger partial charge in [-0.05, 0) is 42.8 Å². The number of carbonyl (C=O) groups is 2. The van der Waals surface area contributed by atoms with Crippen molar-refractivity contribution in [2.75, 3.05) is 18.1 Å². The van der Waals surface area contributed by atoms with Crippen molar-refractivity contribution in [1.29, 1.82) is 0 Å². The van der Waals surface area contributed by atoms with Crippen LogP contribution in [0.3, 0.4) is 0 Å². The number of imidazole rings is 1. The largest absolute Gasteiger partial charge is 0.345 e. The number of hydrogen-bond acceptors (Lipinski definition) is 6. The van der Waals surface area contributed by atoms with Gasteiger partial charge in [-0.2, -0.15) is 0 Å². The highest BCUT2D eigenvalue weighted by Crippen LogP contribution is 2.33. The number of H-pyrrole nitrogens is 1. The van der Waals surface area contributed by atoms with Crippen molar-refractivity contribution in [3.8, 4) is 0 Å². The number of nitrogens with one attached hydrogen (secondary N) is 2. The van der Waals surface area contributed by atoms with E-state index in [1.807, 2.05) is 6.92 Å². The molecule has 4 aromatic rings. The maximum Gasteiger partial charge on any atom is 0.254 e. The third-order valence-corrected chi connectivity index (χ3v) is 7.50. The van der Waals surface area contributed by atoms with E-state index in [-0.39, 0.29) is 29.8 Å². The molecule has 0 saturated heterocycles. The molecule has 1 aliphatic heterocycles. The number of pyridine rings is 1. The van der Waals surface area contributed by atoms with E-state index in [2.05, 4.69) is 20.3 Å². The first kappa shape index (κ1) is 24.0. The number of aromatic nitrogens is 3. The lowest BCUT2D eigenvalue weighted by Crippen LogP contribution is -2.43. The monoisotopic (exact) mass is 523 g/mol. The number of amides is 2. The van der Waals surface area contributed by atoms with Crippen LogP contribution >= 0.6 is 11.6 Å². The Morgan fingerprint density at radius 1 is 1.19 bits per heavy atom. The highest BCUT2D eigenvalue weighted by Gasteiger charge is 2.36. The molecule has 2 amide bonds. The van der Waals surface area contributed by atoms with Crippen LogP contribution in [0.2, 0.25) is 5.02 Å². The summed E-state index contributed by atoms with van der Waals surface area (Å²) >= 11 is 6.22. The predicted octanol–water partition coefficient (Wildman–Crippen LogP) is 3.70. The summed E-state index contributed by atoms with van der Waals surface area (Å²) in [4.78, 5) is 40.0. The number of fused-ring (bicyclic) bond motifs is 2. The second kappa shape index (κ2) is 9.03. The molecule has 36 heavy (non-hydrogen) atoms. The number of benzene rings is 2. The Morgan fingerprint density at radius 2 is 2.00 bits per heavy atom. The summed E-state index contributed by atoms with van der Waals surface area (Å²) in [6, 6.07) is 9.58. The van der Waals surface area contributed by atoms with Crippen LogP contribution in [0, 0.1) is 6.92 Å². The van der Waals surface area contributed by atoms with Crippen molar-refractivity contribution in [3.05, 3.63) is 82.7 Å². The van der Waals surface area contributed by atoms with E-state index in [1.54, 1.807) is 41.6 Å². The molecular formula is C25H22ClN5O4S. The van der Waals surface area contributed by atoms with Crippen LogP contribution in [0.1, 0.15) is 33.4 Å². The third kappa shape index (κ3) is 4.57. The predicted molar refractivity (Wildman–Crippen MR) is 136 cm³/mol. The zero-order chi connectivity index (χ0) is 25.6. The minimum atomic E-state index is -3.39. The molecule has 2 aromatic heterocycles. The summed E-state index contributed by atoms with van der Waals surface area (Å²) in [5, 5.41) is 4.58. The van der Waals surface area contributed by atoms with Crippen LogP contribution in [0.15, 0.2) is 59.9 Å². The Balaban J connectivity index is 1.49. The number of sulfone groups is 1. The number of carbonyl (C=O) groups excluding carboxylic acids is 2. The molecule has 2 N–H and O–H groups in total. The van der Waals surface area contributed by atoms with E-state index in [9.17, 15) is 18.0 Å². The highest BCUT2D eigenvalue weighted by atomic mass is 35.5. The first-order valence-electron chi connectivity index (χ1n) is 11.1. The standard InChI is InChI=1S/C25H22ClN5O4S/c1-14-28-10-17(29-14)12-31-13-22(21-8-16(26)3-5-20(21)25(31)33)24(32)30-23-11-27-9-15-7-18(36(2,34)35)4-6-19(15)23/h3-11,22H,12-13H2,1-2H3,(H,28,29)(H,30,32). The van der Waals surface area contributed by atoms with E-state index in [1.165, 1.54) is 18.3 Å². The summed E-state index contributed by atoms with van der Waals surface area (Å²) in [7, 11) is -3.39. The smallest absolute Gasteiger partial charge is 0.254 e. The highest BCUT2D eigenvalue weighted by molar-refractivity contribution is 7.90. The second-order valence-electron chi connectivity index (χ2n) is 8.80. The van der Waals surface area contributed by atoms with Crippen LogP contribution < -0.4 is 5.32 Å². The molecule has 5 rings (SSSR count). The van der Waals surface area contributed by atoms with Gasteiger partial charge in [-0.15, -0.1) is 0 Å². The average molecular weight is 524 g/mol. The van der Waals surface area contributed by atoms with Crippen molar-refractivity contribution in [1.82, 2.24) is 19.9 Å². The normalized spacial score (nSPS) is 15.7. The molecule has 11 heteroatoms. The van der Waals surface area contributed by atoms with Gasteiger partial charge in [0.05, 0.1) is 41.1 Å². The van der Waals surface area contributed by atoms with Crippen molar-refractivity contribution >= 4 is 49.7 Å². The molecule has 0 radical (unpaired) electrons. The molecular weight excluding hydrogens is 502 g/mol. The minimum Gasteiger partial charge on any atom is -0.345 e. The van der Waals surface area contributed by atoms with Crippen LogP contribution in [-0.2, 0) is 21.2 Å². The molecule has 0 fully saturated rings. The van der Waals surface area contributed by atoms with Crippen molar-refractivity contribution in [2.24, 2.45) is 0 Å². The Kier molecular flexibility index (Phi) is 6.01. The number of nitrogens with zero attached hydrogens (tertiary/aromatic N) is 3. The Morgan fingerprint density at radius 3 is 2.72 bits per heavy atom. The summed E-state index contributed by atoms with van der Waals surface area (Å²) < 4.78 is 23.9. The lowest BCUT2D eigenvalue weighted by atomic mass is 9.88. The van der Waals surface area contributed by atoms with Gasteiger partial charge in [-0.1, -0.05) is 17.7 Å². The number of halogens is 1. The number of hydrogen-bond donors (Lipinski definition) is 2. The first-order chi connectivity index (χ1) is 17.1. The van der Waals surface area contributed by atoms with E-state index in [0.717, 1.165) is 17.8 Å². The fourth-order valence-electron chi connectivity index (χ4n) is 4.41. The van der Waals surface area contributed by atoms with Gasteiger partial charge in [0.1, 0.15) is 5.82 Å². The molecule has 9 nitrogen and oxygen atoms in total. The molecule has 1 atom stereocenters. The quantitative estimate of drug-likeness (QED) is 0.411. The van der Waals surface area contributed by atoms with Gasteiger partial charge in [0.2, 0.25) is 5.91 Å². The summed E-state index contributed by atoms with van der Waals surface area (Å²) in [6.45, 7) is 2.24. The van der Waals surface area contributed by atoms with Gasteiger partial charge in [0.25, 0.3) is 5.91 Å². The van der Waals surface area contributed by atoms with Gasteiger partial charge < -0.3 is 15.2 Å². The van der Waals surface area contributed by atoms with Gasteiger partial charge in [-0.25, -0.2) is 13.4 Å².